The number of nitrogens with zero attached hydrogens (tertiary/aromatic N) is 2. The highest BCUT2D eigenvalue weighted by Crippen LogP contribution is 2.28. The van der Waals surface area contributed by atoms with Crippen LogP contribution in [-0.4, -0.2) is 22.2 Å². The van der Waals surface area contributed by atoms with Crippen LogP contribution in [0.15, 0.2) is 40.2 Å². The summed E-state index contributed by atoms with van der Waals surface area (Å²) in [6.07, 6.45) is -0.863. The predicted molar refractivity (Wildman–Crippen MR) is 94.0 cm³/mol. The minimum atomic E-state index is -0.863. The minimum Gasteiger partial charge on any atom is -0.477 e. The van der Waals surface area contributed by atoms with Crippen LogP contribution in [-0.2, 0) is 16.1 Å². The van der Waals surface area contributed by atoms with E-state index in [0.29, 0.717) is 21.6 Å². The second-order valence-electron chi connectivity index (χ2n) is 4.93. The molecule has 0 bridgehead atoms. The second kappa shape index (κ2) is 7.86. The largest absolute Gasteiger partial charge is 0.477 e. The first kappa shape index (κ1) is 17.7. The van der Waals surface area contributed by atoms with Gasteiger partial charge in [0.15, 0.2) is 12.7 Å². The van der Waals surface area contributed by atoms with E-state index in [-0.39, 0.29) is 12.5 Å². The first-order chi connectivity index (χ1) is 12.0. The Morgan fingerprint density at radius 3 is 2.92 bits per heavy atom. The lowest BCUT2D eigenvalue weighted by Crippen LogP contribution is -2.26. The van der Waals surface area contributed by atoms with Crippen molar-refractivity contribution in [1.29, 1.82) is 0 Å². The highest BCUT2D eigenvalue weighted by atomic mass is 35.5. The molecule has 3 aromatic rings. The Balaban J connectivity index is 1.55. The molecule has 0 fully saturated rings. The predicted octanol–water partition coefficient (Wildman–Crippen LogP) is 4.62. The fourth-order valence-corrected chi connectivity index (χ4v) is 2.98. The minimum absolute atomic E-state index is 0.140. The Kier molecular flexibility index (Phi) is 5.57. The molecule has 0 amide bonds. The maximum Gasteiger partial charge on any atom is 0.347 e. The van der Waals surface area contributed by atoms with Crippen LogP contribution in [0, 0.1) is 0 Å². The summed E-state index contributed by atoms with van der Waals surface area (Å²) in [6.45, 7) is 1.41. The van der Waals surface area contributed by atoms with Crippen molar-refractivity contribution in [3.63, 3.8) is 0 Å². The topological polar surface area (TPSA) is 74.5 Å². The van der Waals surface area contributed by atoms with Crippen LogP contribution >= 0.6 is 34.5 Å². The molecule has 0 aliphatic carbocycles. The van der Waals surface area contributed by atoms with Gasteiger partial charge in [-0.3, -0.25) is 0 Å². The Bertz CT molecular complexity index is 867. The number of carbonyl (C=O) groups excluding carboxylic acids is 1. The van der Waals surface area contributed by atoms with Crippen LogP contribution < -0.4 is 4.74 Å². The molecular formula is C16H12Cl2N2O4S. The smallest absolute Gasteiger partial charge is 0.347 e. The van der Waals surface area contributed by atoms with Crippen LogP contribution in [0.2, 0.25) is 10.0 Å². The third kappa shape index (κ3) is 4.50. The van der Waals surface area contributed by atoms with Crippen LogP contribution in [0.5, 0.6) is 5.75 Å². The zero-order chi connectivity index (χ0) is 17.8. The molecule has 9 heteroatoms. The normalized spacial score (nSPS) is 12.0. The first-order valence-electron chi connectivity index (χ1n) is 7.18. The number of carbonyl (C=O) groups is 1. The highest BCUT2D eigenvalue weighted by Gasteiger charge is 2.19. The lowest BCUT2D eigenvalue weighted by Gasteiger charge is -2.14. The fraction of sp³-hybridized carbons (Fsp3) is 0.188. The third-order valence-corrected chi connectivity index (χ3v) is 4.47. The molecule has 0 N–H and O–H groups in total. The first-order valence-corrected chi connectivity index (χ1v) is 8.81. The lowest BCUT2D eigenvalue weighted by atomic mass is 10.3. The average molecular weight is 399 g/mol. The van der Waals surface area contributed by atoms with Gasteiger partial charge in [0, 0.05) is 5.02 Å². The Morgan fingerprint density at radius 2 is 2.20 bits per heavy atom. The number of aromatic nitrogens is 2. The lowest BCUT2D eigenvalue weighted by molar-refractivity contribution is -0.153. The Labute approximate surface area is 157 Å². The summed E-state index contributed by atoms with van der Waals surface area (Å²) in [5.74, 6) is 0.418. The summed E-state index contributed by atoms with van der Waals surface area (Å²) in [6, 6.07) is 8.49. The van der Waals surface area contributed by atoms with Gasteiger partial charge in [-0.1, -0.05) is 34.4 Å². The zero-order valence-electron chi connectivity index (χ0n) is 12.9. The monoisotopic (exact) mass is 398 g/mol. The van der Waals surface area contributed by atoms with Gasteiger partial charge in [0.1, 0.15) is 5.75 Å². The molecule has 3 rings (SSSR count). The Morgan fingerprint density at radius 1 is 1.36 bits per heavy atom. The number of benzene rings is 1. The molecule has 130 valence electrons. The molecular weight excluding hydrogens is 387 g/mol. The summed E-state index contributed by atoms with van der Waals surface area (Å²) in [5.41, 5.74) is 0. The van der Waals surface area contributed by atoms with Crippen molar-refractivity contribution < 1.29 is 18.8 Å². The molecule has 1 aromatic carbocycles. The summed E-state index contributed by atoms with van der Waals surface area (Å²) in [7, 11) is 0. The number of ether oxygens (including phenoxy) is 2. The maximum absolute atomic E-state index is 12.0. The van der Waals surface area contributed by atoms with Crippen molar-refractivity contribution in [2.75, 3.05) is 0 Å². The zero-order valence-corrected chi connectivity index (χ0v) is 15.3. The second-order valence-corrected chi connectivity index (χ2v) is 6.72. The van der Waals surface area contributed by atoms with E-state index >= 15 is 0 Å². The van der Waals surface area contributed by atoms with Gasteiger partial charge in [-0.15, -0.1) is 11.3 Å². The van der Waals surface area contributed by atoms with E-state index in [9.17, 15) is 4.79 Å². The van der Waals surface area contributed by atoms with Gasteiger partial charge < -0.3 is 14.0 Å². The van der Waals surface area contributed by atoms with Crippen molar-refractivity contribution in [2.24, 2.45) is 0 Å². The number of rotatable bonds is 6. The van der Waals surface area contributed by atoms with E-state index in [1.807, 2.05) is 17.5 Å². The molecule has 0 aliphatic rings. The SMILES string of the molecule is C[C@@H](Oc1ccc(Cl)cc1Cl)C(=O)OCc1nc(-c2cccs2)no1. The molecule has 0 spiro atoms. The quantitative estimate of drug-likeness (QED) is 0.564. The summed E-state index contributed by atoms with van der Waals surface area (Å²) in [4.78, 5) is 17.1. The van der Waals surface area contributed by atoms with Gasteiger partial charge >= 0.3 is 5.97 Å². The molecule has 6 nitrogen and oxygen atoms in total. The number of hydrogen-bond acceptors (Lipinski definition) is 7. The van der Waals surface area contributed by atoms with Gasteiger partial charge in [-0.05, 0) is 36.6 Å². The van der Waals surface area contributed by atoms with E-state index in [1.54, 1.807) is 19.1 Å². The molecule has 0 radical (unpaired) electrons. The van der Waals surface area contributed by atoms with E-state index in [1.165, 1.54) is 17.4 Å². The molecule has 0 saturated carbocycles. The highest BCUT2D eigenvalue weighted by molar-refractivity contribution is 7.13. The molecule has 0 unspecified atom stereocenters. The third-order valence-electron chi connectivity index (χ3n) is 3.08. The van der Waals surface area contributed by atoms with Crippen molar-refractivity contribution >= 4 is 40.5 Å². The summed E-state index contributed by atoms with van der Waals surface area (Å²) < 4.78 is 15.7. The van der Waals surface area contributed by atoms with Gasteiger partial charge in [-0.2, -0.15) is 4.98 Å². The average Bonchev–Trinajstić information content (AvgIpc) is 3.26. The Hall–Kier alpha value is -2.09. The molecule has 2 heterocycles. The van der Waals surface area contributed by atoms with Crippen molar-refractivity contribution in [2.45, 2.75) is 19.6 Å². The van der Waals surface area contributed by atoms with Gasteiger partial charge in [-0.25, -0.2) is 4.79 Å². The van der Waals surface area contributed by atoms with Crippen LogP contribution in [0.4, 0.5) is 0 Å². The van der Waals surface area contributed by atoms with Crippen LogP contribution in [0.3, 0.4) is 0 Å². The van der Waals surface area contributed by atoms with Crippen molar-refractivity contribution in [3.8, 4) is 16.5 Å². The van der Waals surface area contributed by atoms with Gasteiger partial charge in [0.25, 0.3) is 5.89 Å². The van der Waals surface area contributed by atoms with E-state index < -0.39 is 12.1 Å². The van der Waals surface area contributed by atoms with Crippen molar-refractivity contribution in [1.82, 2.24) is 10.1 Å². The summed E-state index contributed by atoms with van der Waals surface area (Å²) >= 11 is 13.3. The molecule has 0 aliphatic heterocycles. The number of hydrogen-bond donors (Lipinski definition) is 0. The molecule has 0 saturated heterocycles. The van der Waals surface area contributed by atoms with E-state index in [2.05, 4.69) is 10.1 Å². The van der Waals surface area contributed by atoms with Gasteiger partial charge in [0.05, 0.1) is 9.90 Å². The summed E-state index contributed by atoms with van der Waals surface area (Å²) in [5, 5.41) is 6.54. The van der Waals surface area contributed by atoms with Crippen LogP contribution in [0.1, 0.15) is 12.8 Å². The number of esters is 1. The number of halogens is 2. The van der Waals surface area contributed by atoms with Gasteiger partial charge in [0.2, 0.25) is 5.82 Å². The van der Waals surface area contributed by atoms with E-state index in [0.717, 1.165) is 4.88 Å². The number of thiophene rings is 1. The van der Waals surface area contributed by atoms with E-state index in [4.69, 9.17) is 37.2 Å². The fourth-order valence-electron chi connectivity index (χ4n) is 1.88. The standard InChI is InChI=1S/C16H12Cl2N2O4S/c1-9(23-12-5-4-10(17)7-11(12)18)16(21)22-8-14-19-15(20-24-14)13-3-2-6-25-13/h2-7,9H,8H2,1H3/t9-/m1/s1. The molecule has 25 heavy (non-hydrogen) atoms. The van der Waals surface area contributed by atoms with Crippen LogP contribution in [0.25, 0.3) is 10.7 Å². The van der Waals surface area contributed by atoms with Crippen molar-refractivity contribution in [3.05, 3.63) is 51.6 Å². The molecule has 2 aromatic heterocycles. The molecule has 1 atom stereocenters. The maximum atomic E-state index is 12.0.